The second-order valence-electron chi connectivity index (χ2n) is 9.42. The van der Waals surface area contributed by atoms with Crippen LogP contribution in [0, 0.1) is 17.3 Å². The molecule has 0 heterocycles. The van der Waals surface area contributed by atoms with Gasteiger partial charge in [0.15, 0.2) is 0 Å². The van der Waals surface area contributed by atoms with E-state index in [1.807, 2.05) is 0 Å². The molecule has 0 radical (unpaired) electrons. The fourth-order valence-corrected chi connectivity index (χ4v) is 9.10. The molecule has 0 saturated heterocycles. The lowest BCUT2D eigenvalue weighted by Crippen LogP contribution is -2.67. The second-order valence-corrected chi connectivity index (χ2v) is 13.7. The number of hydrogen-bond donors (Lipinski definition) is 0. The van der Waals surface area contributed by atoms with Crippen molar-refractivity contribution < 1.29 is 14.0 Å². The van der Waals surface area contributed by atoms with E-state index in [1.165, 1.54) is 10.4 Å². The Morgan fingerprint density at radius 2 is 1.52 bits per heavy atom. The highest BCUT2D eigenvalue weighted by Gasteiger charge is 2.51. The van der Waals surface area contributed by atoms with Crippen LogP contribution in [0.25, 0.3) is 0 Å². The van der Waals surface area contributed by atoms with Crippen LogP contribution >= 0.6 is 0 Å². The molecule has 3 nitrogen and oxygen atoms in total. The van der Waals surface area contributed by atoms with Crippen molar-refractivity contribution in [2.24, 2.45) is 5.41 Å². The van der Waals surface area contributed by atoms with Crippen molar-refractivity contribution in [1.29, 1.82) is 0 Å². The van der Waals surface area contributed by atoms with Gasteiger partial charge in [0.2, 0.25) is 0 Å². The topological polar surface area (TPSA) is 35.5 Å². The summed E-state index contributed by atoms with van der Waals surface area (Å²) >= 11 is 0. The van der Waals surface area contributed by atoms with Gasteiger partial charge in [-0.3, -0.25) is 0 Å². The number of ether oxygens (including phenoxy) is 1. The van der Waals surface area contributed by atoms with Crippen molar-refractivity contribution in [2.75, 3.05) is 13.2 Å². The Labute approximate surface area is 199 Å². The molecule has 4 heteroatoms. The molecule has 0 aromatic heterocycles. The highest BCUT2D eigenvalue weighted by Crippen LogP contribution is 2.39. The molecule has 33 heavy (non-hydrogen) atoms. The molecule has 0 unspecified atom stereocenters. The first-order valence-electron chi connectivity index (χ1n) is 11.6. The van der Waals surface area contributed by atoms with E-state index >= 15 is 0 Å². The van der Waals surface area contributed by atoms with Gasteiger partial charge in [-0.15, -0.1) is 0 Å². The van der Waals surface area contributed by atoms with Crippen LogP contribution in [-0.4, -0.2) is 27.5 Å². The third kappa shape index (κ3) is 5.74. The summed E-state index contributed by atoms with van der Waals surface area (Å²) < 4.78 is 12.1. The van der Waals surface area contributed by atoms with E-state index in [-0.39, 0.29) is 10.5 Å². The number of rotatable bonds is 7. The van der Waals surface area contributed by atoms with Crippen LogP contribution in [0.1, 0.15) is 40.5 Å². The van der Waals surface area contributed by atoms with Crippen LogP contribution in [-0.2, 0) is 14.0 Å². The van der Waals surface area contributed by atoms with Gasteiger partial charge in [0.05, 0.1) is 6.61 Å². The van der Waals surface area contributed by atoms with Gasteiger partial charge in [0, 0.05) is 24.4 Å². The molecule has 0 fully saturated rings. The summed E-state index contributed by atoms with van der Waals surface area (Å²) in [6.07, 6.45) is 10.1. The van der Waals surface area contributed by atoms with Gasteiger partial charge in [-0.25, -0.2) is 4.79 Å². The van der Waals surface area contributed by atoms with E-state index in [9.17, 15) is 4.79 Å². The van der Waals surface area contributed by atoms with Crippen LogP contribution in [0.3, 0.4) is 0 Å². The van der Waals surface area contributed by atoms with Gasteiger partial charge >= 0.3 is 5.97 Å². The summed E-state index contributed by atoms with van der Waals surface area (Å²) in [6.45, 7) is 9.43. The Hall–Kier alpha value is -2.87. The summed E-state index contributed by atoms with van der Waals surface area (Å²) in [5.41, 5.74) is -0.384. The molecule has 2 aromatic carbocycles. The fourth-order valence-electron chi connectivity index (χ4n) is 4.46. The van der Waals surface area contributed by atoms with E-state index in [2.05, 4.69) is 118 Å². The maximum atomic E-state index is 11.8. The fraction of sp³-hybridized carbons (Fsp3) is 0.345. The number of esters is 1. The zero-order chi connectivity index (χ0) is 23.8. The normalized spacial score (nSPS) is 14.9. The number of carbonyl (C=O) groups is 1. The molecule has 3 rings (SSSR count). The molecule has 0 N–H and O–H groups in total. The average molecular weight is 459 g/mol. The van der Waals surface area contributed by atoms with Crippen molar-refractivity contribution in [1.82, 2.24) is 0 Å². The number of allylic oxidation sites excluding steroid dienone is 2. The highest BCUT2D eigenvalue weighted by atomic mass is 28.4. The van der Waals surface area contributed by atoms with Crippen molar-refractivity contribution >= 4 is 24.7 Å². The molecular weight excluding hydrogens is 424 g/mol. The Balaban J connectivity index is 2.01. The highest BCUT2D eigenvalue weighted by molar-refractivity contribution is 6.99. The third-order valence-electron chi connectivity index (χ3n) is 6.03. The van der Waals surface area contributed by atoms with Crippen molar-refractivity contribution in [3.8, 4) is 11.8 Å². The second kappa shape index (κ2) is 10.8. The first kappa shape index (κ1) is 24.8. The van der Waals surface area contributed by atoms with Crippen LogP contribution in [0.5, 0.6) is 0 Å². The Bertz CT molecular complexity index is 986. The predicted molar refractivity (Wildman–Crippen MR) is 138 cm³/mol. The predicted octanol–water partition coefficient (Wildman–Crippen LogP) is 5.02. The van der Waals surface area contributed by atoms with Crippen molar-refractivity contribution in [3.63, 3.8) is 0 Å². The minimum absolute atomic E-state index is 0.102. The monoisotopic (exact) mass is 458 g/mol. The van der Waals surface area contributed by atoms with Gasteiger partial charge < -0.3 is 9.16 Å². The van der Waals surface area contributed by atoms with Gasteiger partial charge in [-0.2, -0.15) is 0 Å². The zero-order valence-electron chi connectivity index (χ0n) is 20.1. The minimum atomic E-state index is -2.66. The molecule has 1 aliphatic rings. The van der Waals surface area contributed by atoms with E-state index in [1.54, 1.807) is 6.92 Å². The summed E-state index contributed by atoms with van der Waals surface area (Å²) in [5, 5.41) is 2.40. The molecule has 2 aromatic rings. The van der Waals surface area contributed by atoms with Crippen LogP contribution in [0.2, 0.25) is 5.04 Å². The van der Waals surface area contributed by atoms with Crippen LogP contribution < -0.4 is 10.4 Å². The zero-order valence-corrected chi connectivity index (χ0v) is 21.1. The maximum Gasteiger partial charge on any atom is 0.384 e. The molecule has 1 aliphatic carbocycles. The third-order valence-corrected chi connectivity index (χ3v) is 11.0. The lowest BCUT2D eigenvalue weighted by Gasteiger charge is -2.45. The van der Waals surface area contributed by atoms with E-state index in [4.69, 9.17) is 9.16 Å². The van der Waals surface area contributed by atoms with Gasteiger partial charge in [-0.1, -0.05) is 112 Å². The van der Waals surface area contributed by atoms with Crippen LogP contribution in [0.4, 0.5) is 0 Å². The summed E-state index contributed by atoms with van der Waals surface area (Å²) in [6, 6.07) is 21.3. The first-order valence-corrected chi connectivity index (χ1v) is 13.5. The lowest BCUT2D eigenvalue weighted by atomic mass is 9.82. The van der Waals surface area contributed by atoms with E-state index < -0.39 is 14.3 Å². The van der Waals surface area contributed by atoms with E-state index in [0.717, 1.165) is 6.42 Å². The van der Waals surface area contributed by atoms with E-state index in [0.29, 0.717) is 19.6 Å². The Kier molecular flexibility index (Phi) is 8.13. The van der Waals surface area contributed by atoms with Crippen molar-refractivity contribution in [3.05, 3.63) is 85.0 Å². The largest absolute Gasteiger partial charge is 0.456 e. The molecule has 172 valence electrons. The number of carbonyl (C=O) groups excluding carboxylic acids is 1. The van der Waals surface area contributed by atoms with Gasteiger partial charge in [0.1, 0.15) is 0 Å². The minimum Gasteiger partial charge on any atom is -0.456 e. The van der Waals surface area contributed by atoms with Crippen LogP contribution in [0.15, 0.2) is 85.0 Å². The van der Waals surface area contributed by atoms with Crippen molar-refractivity contribution in [2.45, 2.75) is 45.6 Å². The molecule has 0 saturated carbocycles. The summed E-state index contributed by atoms with van der Waals surface area (Å²) in [7, 11) is -2.66. The molecular formula is C29H34O3Si. The molecule has 0 spiro atoms. The first-order chi connectivity index (χ1) is 15.8. The van der Waals surface area contributed by atoms with Gasteiger partial charge in [-0.05, 0) is 28.8 Å². The molecule has 0 bridgehead atoms. The Morgan fingerprint density at radius 3 is 2.00 bits per heavy atom. The quantitative estimate of drug-likeness (QED) is 0.192. The van der Waals surface area contributed by atoms with Gasteiger partial charge in [0.25, 0.3) is 8.32 Å². The number of benzene rings is 2. The standard InChI is InChI=1S/C29H34O3Si/c1-5-31-27(30)20-15-23-29(21-13-8-14-22-29)24-32-33(28(2,3)4,25-16-9-6-10-17-25)26-18-11-7-12-19-26/h6-7,9-14,16-19,21-22H,5,8,23-24H2,1-4H3. The molecule has 0 atom stereocenters. The number of hydrogen-bond acceptors (Lipinski definition) is 3. The molecule has 0 aliphatic heterocycles. The maximum absolute atomic E-state index is 11.8. The lowest BCUT2D eigenvalue weighted by molar-refractivity contribution is -0.136. The Morgan fingerprint density at radius 1 is 0.970 bits per heavy atom. The summed E-state index contributed by atoms with van der Waals surface area (Å²) in [4.78, 5) is 11.8. The molecule has 0 amide bonds. The summed E-state index contributed by atoms with van der Waals surface area (Å²) in [5.74, 6) is 5.18. The smallest absolute Gasteiger partial charge is 0.384 e. The average Bonchev–Trinajstić information content (AvgIpc) is 2.81. The SMILES string of the molecule is CCOC(=O)C#CCC1(CO[Si](c2ccccc2)(c2ccccc2)C(C)(C)C)C=CCC=C1.